The number of carbonyl (C=O) groups is 1. The molecule has 0 atom stereocenters. The zero-order valence-electron chi connectivity index (χ0n) is 7.14. The van der Waals surface area contributed by atoms with Crippen molar-refractivity contribution in [2.75, 3.05) is 0 Å². The van der Waals surface area contributed by atoms with Gasteiger partial charge >= 0.3 is 0 Å². The van der Waals surface area contributed by atoms with Gasteiger partial charge < -0.3 is 5.73 Å². The summed E-state index contributed by atoms with van der Waals surface area (Å²) in [6.45, 7) is 0. The maximum Gasteiger partial charge on any atom is 0.293 e. The fourth-order valence-corrected chi connectivity index (χ4v) is 0.831. The Bertz CT molecular complexity index is 463. The molecule has 0 saturated carbocycles. The Balaban J connectivity index is 3.01. The van der Waals surface area contributed by atoms with Crippen molar-refractivity contribution in [1.29, 1.82) is 0 Å². The van der Waals surface area contributed by atoms with E-state index in [2.05, 4.69) is 21.9 Å². The molecule has 5 heteroatoms. The maximum atomic E-state index is 10.3. The molecule has 1 rings (SSSR count). The highest BCUT2D eigenvalue weighted by Gasteiger charge is 1.90. The average Bonchev–Trinajstić information content (AvgIpc) is 2.16. The highest BCUT2D eigenvalue weighted by Crippen LogP contribution is 2.13. The Morgan fingerprint density at radius 3 is 3.00 bits per heavy atom. The van der Waals surface area contributed by atoms with Gasteiger partial charge in [-0.1, -0.05) is 23.2 Å². The second-order valence-electron chi connectivity index (χ2n) is 2.35. The fourth-order valence-electron chi connectivity index (χ4n) is 0.831. The van der Waals surface area contributed by atoms with Crippen LogP contribution in [0.3, 0.4) is 0 Å². The number of rotatable bonds is 1. The van der Waals surface area contributed by atoms with E-state index < -0.39 is 5.91 Å². The molecule has 0 unspecified atom stereocenters. The predicted octanol–water partition coefficient (Wildman–Crippen LogP) is 1.47. The predicted molar refractivity (Wildman–Crippen MR) is 51.3 cm³/mol. The van der Waals surface area contributed by atoms with Gasteiger partial charge in [0.15, 0.2) is 0 Å². The van der Waals surface area contributed by atoms with Crippen molar-refractivity contribution in [3.05, 3.63) is 40.3 Å². The average molecular weight is 186 g/mol. The molecule has 1 aromatic rings. The topological polar surface area (TPSA) is 91.8 Å². The third kappa shape index (κ3) is 2.89. The highest BCUT2D eigenvalue weighted by molar-refractivity contribution is 5.92. The summed E-state index contributed by atoms with van der Waals surface area (Å²) in [5, 5.41) is 3.39. The number of nitrogens with two attached hydrogens (primary N) is 1. The monoisotopic (exact) mass is 186 g/mol. The molecule has 1 aromatic carbocycles. The summed E-state index contributed by atoms with van der Waals surface area (Å²) in [4.78, 5) is 13.0. The second-order valence-corrected chi connectivity index (χ2v) is 2.35. The van der Waals surface area contributed by atoms with Gasteiger partial charge in [-0.25, -0.2) is 0 Å². The molecular weight excluding hydrogens is 180 g/mol. The van der Waals surface area contributed by atoms with E-state index >= 15 is 0 Å². The molecule has 2 N–H and O–H groups in total. The Labute approximate surface area is 80.2 Å². The van der Waals surface area contributed by atoms with E-state index in [1.54, 1.807) is 24.3 Å². The van der Waals surface area contributed by atoms with Crippen LogP contribution in [0.5, 0.6) is 0 Å². The summed E-state index contributed by atoms with van der Waals surface area (Å²) in [5.41, 5.74) is 14.0. The number of benzene rings is 1. The van der Waals surface area contributed by atoms with Crippen molar-refractivity contribution in [2.24, 2.45) is 10.8 Å². The minimum absolute atomic E-state index is 0.448. The fraction of sp³-hybridized carbons (Fsp3) is 0. The lowest BCUT2D eigenvalue weighted by atomic mass is 10.2. The van der Waals surface area contributed by atoms with E-state index in [4.69, 9.17) is 11.3 Å². The first-order chi connectivity index (χ1) is 6.72. The van der Waals surface area contributed by atoms with E-state index in [9.17, 15) is 4.79 Å². The quantitative estimate of drug-likeness (QED) is 0.306. The van der Waals surface area contributed by atoms with Gasteiger partial charge in [-0.2, -0.15) is 0 Å². The van der Waals surface area contributed by atoms with E-state index in [-0.39, 0.29) is 0 Å². The second kappa shape index (κ2) is 4.55. The van der Waals surface area contributed by atoms with Crippen LogP contribution in [0.4, 0.5) is 5.69 Å². The first-order valence-electron chi connectivity index (χ1n) is 3.69. The van der Waals surface area contributed by atoms with E-state index in [1.165, 1.54) is 0 Å². The van der Waals surface area contributed by atoms with E-state index in [0.717, 1.165) is 0 Å². The van der Waals surface area contributed by atoms with Crippen LogP contribution in [-0.4, -0.2) is 5.91 Å². The van der Waals surface area contributed by atoms with Crippen molar-refractivity contribution in [2.45, 2.75) is 0 Å². The normalized spacial score (nSPS) is 8.00. The number of carbonyl (C=O) groups excluding carboxylic acids is 1. The molecule has 0 aliphatic heterocycles. The third-order valence-corrected chi connectivity index (χ3v) is 1.34. The Morgan fingerprint density at radius 2 is 2.36 bits per heavy atom. The standard InChI is InChI=1S/C9H6N4O/c10-9(14)5-4-7-2-1-3-8(6-7)12-13-11/h1-3,6H,(H2,10,14). The molecule has 0 aliphatic rings. The van der Waals surface area contributed by atoms with Gasteiger partial charge in [-0.05, 0) is 23.6 Å². The summed E-state index contributed by atoms with van der Waals surface area (Å²) in [5.74, 6) is 4.03. The van der Waals surface area contributed by atoms with Crippen molar-refractivity contribution in [3.63, 3.8) is 0 Å². The molecule has 0 bridgehead atoms. The Morgan fingerprint density at radius 1 is 1.57 bits per heavy atom. The lowest BCUT2D eigenvalue weighted by Gasteiger charge is -1.91. The molecule has 0 aromatic heterocycles. The van der Waals surface area contributed by atoms with Gasteiger partial charge in [0.2, 0.25) is 0 Å². The molecule has 0 fully saturated rings. The van der Waals surface area contributed by atoms with Crippen molar-refractivity contribution in [3.8, 4) is 11.8 Å². The van der Waals surface area contributed by atoms with Crippen LogP contribution < -0.4 is 5.73 Å². The summed E-state index contributed by atoms with van der Waals surface area (Å²) in [7, 11) is 0. The highest BCUT2D eigenvalue weighted by atomic mass is 16.1. The van der Waals surface area contributed by atoms with Crippen LogP contribution in [0.25, 0.3) is 10.4 Å². The molecule has 1 amide bonds. The van der Waals surface area contributed by atoms with E-state index in [0.29, 0.717) is 11.3 Å². The molecule has 68 valence electrons. The number of primary amides is 1. The number of hydrogen-bond acceptors (Lipinski definition) is 2. The molecule has 0 spiro atoms. The number of hydrogen-bond donors (Lipinski definition) is 1. The lowest BCUT2D eigenvalue weighted by molar-refractivity contribution is -0.112. The smallest absolute Gasteiger partial charge is 0.293 e. The largest absolute Gasteiger partial charge is 0.359 e. The van der Waals surface area contributed by atoms with Crippen LogP contribution in [-0.2, 0) is 4.79 Å². The first kappa shape index (κ1) is 9.65. The van der Waals surface area contributed by atoms with Gasteiger partial charge in [0.1, 0.15) is 0 Å². The third-order valence-electron chi connectivity index (χ3n) is 1.34. The Kier molecular flexibility index (Phi) is 3.14. The van der Waals surface area contributed by atoms with Crippen LogP contribution >= 0.6 is 0 Å². The lowest BCUT2D eigenvalue weighted by Crippen LogP contribution is -2.06. The van der Waals surface area contributed by atoms with Gasteiger partial charge in [-0.3, -0.25) is 4.79 Å². The maximum absolute atomic E-state index is 10.3. The summed E-state index contributed by atoms with van der Waals surface area (Å²) < 4.78 is 0. The SMILES string of the molecule is [N-]=[N+]=Nc1cccc(C#CC(N)=O)c1. The van der Waals surface area contributed by atoms with Crippen molar-refractivity contribution >= 4 is 11.6 Å². The molecule has 0 heterocycles. The molecule has 0 radical (unpaired) electrons. The van der Waals surface area contributed by atoms with Crippen LogP contribution in [0.2, 0.25) is 0 Å². The van der Waals surface area contributed by atoms with Gasteiger partial charge in [0.05, 0.1) is 0 Å². The number of nitrogens with zero attached hydrogens (tertiary/aromatic N) is 3. The summed E-state index contributed by atoms with van der Waals surface area (Å²) in [6, 6.07) is 6.56. The molecule has 5 nitrogen and oxygen atoms in total. The first-order valence-corrected chi connectivity index (χ1v) is 3.69. The molecule has 14 heavy (non-hydrogen) atoms. The van der Waals surface area contributed by atoms with Crippen molar-refractivity contribution in [1.82, 2.24) is 0 Å². The van der Waals surface area contributed by atoms with Crippen LogP contribution in [0, 0.1) is 11.8 Å². The molecule has 0 saturated heterocycles. The zero-order valence-corrected chi connectivity index (χ0v) is 7.14. The van der Waals surface area contributed by atoms with Crippen LogP contribution in [0.15, 0.2) is 29.4 Å². The van der Waals surface area contributed by atoms with Crippen LogP contribution in [0.1, 0.15) is 5.56 Å². The van der Waals surface area contributed by atoms with Gasteiger partial charge in [0, 0.05) is 16.2 Å². The minimum Gasteiger partial charge on any atom is -0.359 e. The van der Waals surface area contributed by atoms with E-state index in [1.807, 2.05) is 0 Å². The molecular formula is C9H6N4O. The zero-order chi connectivity index (χ0) is 10.4. The number of amides is 1. The summed E-state index contributed by atoms with van der Waals surface area (Å²) in [6.07, 6.45) is 0. The summed E-state index contributed by atoms with van der Waals surface area (Å²) >= 11 is 0. The van der Waals surface area contributed by atoms with Gasteiger partial charge in [-0.15, -0.1) is 0 Å². The minimum atomic E-state index is -0.695. The Hall–Kier alpha value is -2.44. The van der Waals surface area contributed by atoms with Crippen molar-refractivity contribution < 1.29 is 4.79 Å². The number of azide groups is 1. The molecule has 0 aliphatic carbocycles. The van der Waals surface area contributed by atoms with Gasteiger partial charge in [0.25, 0.3) is 5.91 Å².